The van der Waals surface area contributed by atoms with Crippen molar-refractivity contribution in [3.05, 3.63) is 28.3 Å². The number of hydrogen-bond donors (Lipinski definition) is 2. The number of carbonyl (C=O) groups is 1. The van der Waals surface area contributed by atoms with Gasteiger partial charge in [0.1, 0.15) is 5.69 Å². The molecule has 0 spiro atoms. The summed E-state index contributed by atoms with van der Waals surface area (Å²) in [7, 11) is 0. The van der Waals surface area contributed by atoms with Gasteiger partial charge in [0.05, 0.1) is 29.7 Å². The van der Waals surface area contributed by atoms with Crippen molar-refractivity contribution in [3.8, 4) is 0 Å². The van der Waals surface area contributed by atoms with E-state index in [9.17, 15) is 20.0 Å². The van der Waals surface area contributed by atoms with Gasteiger partial charge in [0.15, 0.2) is 0 Å². The van der Waals surface area contributed by atoms with Gasteiger partial charge in [-0.25, -0.2) is 0 Å². The first-order valence-corrected chi connectivity index (χ1v) is 5.02. The molecular formula is C10H11N3O4. The molecule has 1 fully saturated rings. The van der Waals surface area contributed by atoms with Crippen LogP contribution in [0, 0.1) is 10.1 Å². The Bertz CT molecular complexity index is 488. The zero-order valence-corrected chi connectivity index (χ0v) is 8.87. The molecule has 1 unspecified atom stereocenters. The first kappa shape index (κ1) is 11.3. The lowest BCUT2D eigenvalue weighted by atomic mass is 10.2. The van der Waals surface area contributed by atoms with E-state index in [-0.39, 0.29) is 35.9 Å². The molecule has 0 aliphatic carbocycles. The van der Waals surface area contributed by atoms with E-state index in [1.807, 2.05) is 0 Å². The van der Waals surface area contributed by atoms with E-state index < -0.39 is 11.0 Å². The summed E-state index contributed by atoms with van der Waals surface area (Å²) in [5.41, 5.74) is 5.66. The Morgan fingerprint density at radius 1 is 1.53 bits per heavy atom. The monoisotopic (exact) mass is 237 g/mol. The third-order valence-corrected chi connectivity index (χ3v) is 2.62. The summed E-state index contributed by atoms with van der Waals surface area (Å²) in [6, 6.07) is 4.22. The highest BCUT2D eigenvalue weighted by molar-refractivity contribution is 6.01. The summed E-state index contributed by atoms with van der Waals surface area (Å²) < 4.78 is 0. The molecule has 7 heteroatoms. The molecule has 1 aromatic rings. The van der Waals surface area contributed by atoms with E-state index in [0.717, 1.165) is 4.90 Å². The zero-order chi connectivity index (χ0) is 12.6. The van der Waals surface area contributed by atoms with Crippen molar-refractivity contribution in [2.45, 2.75) is 12.5 Å². The van der Waals surface area contributed by atoms with Crippen LogP contribution in [0.15, 0.2) is 18.2 Å². The molecule has 1 aromatic carbocycles. The molecule has 0 aromatic heterocycles. The number of nitro groups is 1. The quantitative estimate of drug-likeness (QED) is 0.436. The van der Waals surface area contributed by atoms with Crippen molar-refractivity contribution in [3.63, 3.8) is 0 Å². The molecule has 17 heavy (non-hydrogen) atoms. The number of nitrogens with zero attached hydrogens (tertiary/aromatic N) is 2. The molecule has 0 radical (unpaired) electrons. The maximum absolute atomic E-state index is 11.6. The summed E-state index contributed by atoms with van der Waals surface area (Å²) in [6.07, 6.45) is -0.840. The van der Waals surface area contributed by atoms with E-state index in [0.29, 0.717) is 0 Å². The molecule has 1 aliphatic rings. The van der Waals surface area contributed by atoms with Gasteiger partial charge in [0.25, 0.3) is 5.69 Å². The van der Waals surface area contributed by atoms with Crippen LogP contribution in [0.3, 0.4) is 0 Å². The minimum atomic E-state index is -0.804. The van der Waals surface area contributed by atoms with Crippen LogP contribution in [-0.2, 0) is 4.79 Å². The van der Waals surface area contributed by atoms with Gasteiger partial charge in [-0.2, -0.15) is 0 Å². The minimum Gasteiger partial charge on any atom is -0.397 e. The molecule has 1 aliphatic heterocycles. The van der Waals surface area contributed by atoms with E-state index in [1.54, 1.807) is 0 Å². The highest BCUT2D eigenvalue weighted by Crippen LogP contribution is 2.36. The molecule has 90 valence electrons. The Balaban J connectivity index is 2.51. The Morgan fingerprint density at radius 3 is 2.76 bits per heavy atom. The fourth-order valence-corrected chi connectivity index (χ4v) is 1.89. The van der Waals surface area contributed by atoms with Gasteiger partial charge in [0.2, 0.25) is 5.91 Å². The van der Waals surface area contributed by atoms with Crippen molar-refractivity contribution >= 4 is 23.0 Å². The van der Waals surface area contributed by atoms with Crippen LogP contribution in [0.4, 0.5) is 17.1 Å². The lowest BCUT2D eigenvalue weighted by molar-refractivity contribution is -0.384. The maximum Gasteiger partial charge on any atom is 0.295 e. The molecule has 1 amide bonds. The molecule has 0 bridgehead atoms. The Labute approximate surface area is 96.6 Å². The number of benzene rings is 1. The largest absolute Gasteiger partial charge is 0.397 e. The minimum absolute atomic E-state index is 0.0356. The second-order valence-electron chi connectivity index (χ2n) is 3.83. The van der Waals surface area contributed by atoms with Crippen LogP contribution >= 0.6 is 0 Å². The summed E-state index contributed by atoms with van der Waals surface area (Å²) in [5.74, 6) is -0.363. The summed E-state index contributed by atoms with van der Waals surface area (Å²) in [6.45, 7) is 0.0356. The number of rotatable bonds is 2. The van der Waals surface area contributed by atoms with Crippen LogP contribution in [0.5, 0.6) is 0 Å². The molecule has 0 saturated carbocycles. The Hall–Kier alpha value is -2.15. The fourth-order valence-electron chi connectivity index (χ4n) is 1.89. The number of amides is 1. The molecule has 1 saturated heterocycles. The number of nitro benzene ring substituents is 1. The zero-order valence-electron chi connectivity index (χ0n) is 8.87. The number of nitrogen functional groups attached to an aromatic ring is 1. The Kier molecular flexibility index (Phi) is 2.68. The van der Waals surface area contributed by atoms with Crippen molar-refractivity contribution in [1.29, 1.82) is 0 Å². The molecule has 3 N–H and O–H groups in total. The number of carbonyl (C=O) groups excluding carboxylic acids is 1. The number of anilines is 2. The first-order chi connectivity index (χ1) is 8.00. The van der Waals surface area contributed by atoms with E-state index in [2.05, 4.69) is 0 Å². The van der Waals surface area contributed by atoms with Crippen molar-refractivity contribution in [2.24, 2.45) is 0 Å². The van der Waals surface area contributed by atoms with Crippen LogP contribution in [-0.4, -0.2) is 28.6 Å². The van der Waals surface area contributed by atoms with Gasteiger partial charge >= 0.3 is 0 Å². The predicted molar refractivity (Wildman–Crippen MR) is 60.5 cm³/mol. The molecule has 1 atom stereocenters. The summed E-state index contributed by atoms with van der Waals surface area (Å²) >= 11 is 0. The van der Waals surface area contributed by atoms with Gasteiger partial charge in [-0.05, 0) is 6.07 Å². The highest BCUT2D eigenvalue weighted by atomic mass is 16.6. The number of nitrogens with two attached hydrogens (primary N) is 1. The van der Waals surface area contributed by atoms with Crippen molar-refractivity contribution < 1.29 is 14.8 Å². The molecule has 2 rings (SSSR count). The van der Waals surface area contributed by atoms with Gasteiger partial charge in [0, 0.05) is 6.07 Å². The lowest BCUT2D eigenvalue weighted by Crippen LogP contribution is -2.27. The van der Waals surface area contributed by atoms with E-state index >= 15 is 0 Å². The standard InChI is InChI=1S/C10H11N3O4/c11-7-2-1-3-8(13(16)17)10(7)12-5-6(14)4-9(12)15/h1-3,6,14H,4-5,11H2. The van der Waals surface area contributed by atoms with Gasteiger partial charge < -0.3 is 15.7 Å². The molecule has 1 heterocycles. The number of β-amino-alcohol motifs (C(OH)–C–C–N with tert-alkyl or cyclic N) is 1. The summed E-state index contributed by atoms with van der Waals surface area (Å²) in [4.78, 5) is 23.0. The van der Waals surface area contributed by atoms with Crippen LogP contribution in [0.25, 0.3) is 0 Å². The predicted octanol–water partition coefficient (Wildman–Crippen LogP) is 0.275. The Morgan fingerprint density at radius 2 is 2.24 bits per heavy atom. The van der Waals surface area contributed by atoms with Crippen LogP contribution in [0.2, 0.25) is 0 Å². The maximum atomic E-state index is 11.6. The highest BCUT2D eigenvalue weighted by Gasteiger charge is 2.34. The van der Waals surface area contributed by atoms with Crippen LogP contribution in [0.1, 0.15) is 6.42 Å². The van der Waals surface area contributed by atoms with Gasteiger partial charge in [-0.1, -0.05) is 6.07 Å². The smallest absolute Gasteiger partial charge is 0.295 e. The lowest BCUT2D eigenvalue weighted by Gasteiger charge is -2.17. The third-order valence-electron chi connectivity index (χ3n) is 2.62. The van der Waals surface area contributed by atoms with Crippen molar-refractivity contribution in [1.82, 2.24) is 0 Å². The topological polar surface area (TPSA) is 110 Å². The number of para-hydroxylation sites is 1. The second kappa shape index (κ2) is 4.02. The van der Waals surface area contributed by atoms with Gasteiger partial charge in [-0.15, -0.1) is 0 Å². The normalized spacial score (nSPS) is 19.7. The SMILES string of the molecule is Nc1cccc([N+](=O)[O-])c1N1CC(O)CC1=O. The van der Waals surface area contributed by atoms with Gasteiger partial charge in [-0.3, -0.25) is 14.9 Å². The second-order valence-corrected chi connectivity index (χ2v) is 3.83. The number of aliphatic hydroxyl groups excluding tert-OH is 1. The van der Waals surface area contributed by atoms with Crippen LogP contribution < -0.4 is 10.6 Å². The third kappa shape index (κ3) is 1.92. The average Bonchev–Trinajstić information content (AvgIpc) is 2.57. The fraction of sp³-hybridized carbons (Fsp3) is 0.300. The first-order valence-electron chi connectivity index (χ1n) is 5.02. The molecular weight excluding hydrogens is 226 g/mol. The molecule has 7 nitrogen and oxygen atoms in total. The summed E-state index contributed by atoms with van der Waals surface area (Å²) in [5, 5.41) is 20.2. The average molecular weight is 237 g/mol. The van der Waals surface area contributed by atoms with E-state index in [4.69, 9.17) is 5.73 Å². The number of aliphatic hydroxyl groups is 1. The van der Waals surface area contributed by atoms with E-state index in [1.165, 1.54) is 18.2 Å². The van der Waals surface area contributed by atoms with Crippen molar-refractivity contribution in [2.75, 3.05) is 17.2 Å². The number of hydrogen-bond acceptors (Lipinski definition) is 5.